The predicted octanol–water partition coefficient (Wildman–Crippen LogP) is 5.46. The van der Waals surface area contributed by atoms with Crippen LogP contribution in [-0.4, -0.2) is 20.9 Å². The fourth-order valence-electron chi connectivity index (χ4n) is 3.17. The molecule has 0 unspecified atom stereocenters. The van der Waals surface area contributed by atoms with Crippen LogP contribution in [0.5, 0.6) is 0 Å². The van der Waals surface area contributed by atoms with E-state index in [1.165, 1.54) is 22.7 Å². The number of carbonyl (C=O) groups excluding carboxylic acids is 1. The number of nitrogens with zero attached hydrogens (tertiary/aromatic N) is 4. The highest BCUT2D eigenvalue weighted by molar-refractivity contribution is 7.23. The fraction of sp³-hybridized carbons (Fsp3) is 0.0909. The standard InChI is InChI=1S/C22H16N4OS2/c1-14-6-4-10-18-19(14)25-22(29-18)26(13-15-7-5-11-23-12-15)21(27)20-24-16-8-2-3-9-17(16)28-20/h2-12H,13H2,1H3. The molecule has 0 aliphatic carbocycles. The van der Waals surface area contributed by atoms with E-state index in [0.717, 1.165) is 31.6 Å². The summed E-state index contributed by atoms with van der Waals surface area (Å²) >= 11 is 2.93. The molecule has 0 saturated carbocycles. The molecule has 29 heavy (non-hydrogen) atoms. The molecular formula is C22H16N4OS2. The Labute approximate surface area is 175 Å². The van der Waals surface area contributed by atoms with Crippen molar-refractivity contribution in [1.82, 2.24) is 15.0 Å². The van der Waals surface area contributed by atoms with Gasteiger partial charge in [0.05, 0.1) is 27.0 Å². The Hall–Kier alpha value is -3.16. The number of pyridine rings is 1. The molecule has 0 N–H and O–H groups in total. The lowest BCUT2D eigenvalue weighted by Gasteiger charge is -2.18. The van der Waals surface area contributed by atoms with E-state index in [0.29, 0.717) is 16.7 Å². The summed E-state index contributed by atoms with van der Waals surface area (Å²) in [5.74, 6) is -0.147. The van der Waals surface area contributed by atoms with Crippen LogP contribution in [0.4, 0.5) is 5.13 Å². The van der Waals surface area contributed by atoms with Gasteiger partial charge in [0.25, 0.3) is 5.91 Å². The molecule has 0 fully saturated rings. The number of aryl methyl sites for hydroxylation is 1. The van der Waals surface area contributed by atoms with E-state index in [-0.39, 0.29) is 5.91 Å². The third kappa shape index (κ3) is 3.39. The molecule has 142 valence electrons. The van der Waals surface area contributed by atoms with Crippen molar-refractivity contribution < 1.29 is 4.79 Å². The van der Waals surface area contributed by atoms with Crippen LogP contribution >= 0.6 is 22.7 Å². The van der Waals surface area contributed by atoms with Gasteiger partial charge in [-0.05, 0) is 42.3 Å². The summed E-state index contributed by atoms with van der Waals surface area (Å²) in [6.45, 7) is 2.42. The van der Waals surface area contributed by atoms with Gasteiger partial charge in [-0.1, -0.05) is 41.7 Å². The largest absolute Gasteiger partial charge is 0.289 e. The van der Waals surface area contributed by atoms with Crippen LogP contribution in [0, 0.1) is 6.92 Å². The number of carbonyl (C=O) groups is 1. The second kappa shape index (κ2) is 7.35. The minimum absolute atomic E-state index is 0.147. The first-order valence-corrected chi connectivity index (χ1v) is 10.7. The zero-order chi connectivity index (χ0) is 19.8. The molecule has 1 amide bonds. The van der Waals surface area contributed by atoms with Gasteiger partial charge in [-0.2, -0.15) is 0 Å². The van der Waals surface area contributed by atoms with Gasteiger partial charge in [0.15, 0.2) is 10.1 Å². The first-order chi connectivity index (χ1) is 14.2. The van der Waals surface area contributed by atoms with Gasteiger partial charge in [-0.3, -0.25) is 14.7 Å². The number of hydrogen-bond acceptors (Lipinski definition) is 6. The highest BCUT2D eigenvalue weighted by atomic mass is 32.1. The molecule has 5 rings (SSSR count). The van der Waals surface area contributed by atoms with Gasteiger partial charge < -0.3 is 0 Å². The van der Waals surface area contributed by atoms with Gasteiger partial charge in [0.2, 0.25) is 0 Å². The molecule has 3 aromatic heterocycles. The number of benzene rings is 2. The molecular weight excluding hydrogens is 400 g/mol. The number of para-hydroxylation sites is 2. The molecule has 0 aliphatic rings. The van der Waals surface area contributed by atoms with Crippen LogP contribution in [0.2, 0.25) is 0 Å². The van der Waals surface area contributed by atoms with Crippen LogP contribution < -0.4 is 4.90 Å². The van der Waals surface area contributed by atoms with Crippen LogP contribution in [0.3, 0.4) is 0 Å². The van der Waals surface area contributed by atoms with E-state index in [1.807, 2.05) is 61.5 Å². The zero-order valence-electron chi connectivity index (χ0n) is 15.6. The van der Waals surface area contributed by atoms with E-state index < -0.39 is 0 Å². The van der Waals surface area contributed by atoms with E-state index in [2.05, 4.69) is 9.97 Å². The van der Waals surface area contributed by atoms with E-state index in [1.54, 1.807) is 17.3 Å². The lowest BCUT2D eigenvalue weighted by molar-refractivity contribution is 0.0985. The molecule has 7 heteroatoms. The van der Waals surface area contributed by atoms with Gasteiger partial charge in [-0.15, -0.1) is 11.3 Å². The van der Waals surface area contributed by atoms with Crippen molar-refractivity contribution in [3.05, 3.63) is 83.1 Å². The van der Waals surface area contributed by atoms with Crippen molar-refractivity contribution in [2.75, 3.05) is 4.90 Å². The van der Waals surface area contributed by atoms with Crippen molar-refractivity contribution in [3.8, 4) is 0 Å². The maximum absolute atomic E-state index is 13.5. The summed E-state index contributed by atoms with van der Waals surface area (Å²) < 4.78 is 2.06. The van der Waals surface area contributed by atoms with Crippen molar-refractivity contribution in [2.45, 2.75) is 13.5 Å². The maximum atomic E-state index is 13.5. The fourth-order valence-corrected chi connectivity index (χ4v) is 5.13. The Morgan fingerprint density at radius 2 is 1.83 bits per heavy atom. The third-order valence-electron chi connectivity index (χ3n) is 4.63. The van der Waals surface area contributed by atoms with Crippen LogP contribution in [0.25, 0.3) is 20.4 Å². The molecule has 0 bridgehead atoms. The molecule has 0 spiro atoms. The van der Waals surface area contributed by atoms with Crippen LogP contribution in [0.1, 0.15) is 20.9 Å². The molecule has 0 saturated heterocycles. The first-order valence-electron chi connectivity index (χ1n) is 9.11. The number of thiazole rings is 2. The number of fused-ring (bicyclic) bond motifs is 2. The second-order valence-corrected chi connectivity index (χ2v) is 8.70. The molecule has 5 nitrogen and oxygen atoms in total. The normalized spacial score (nSPS) is 11.2. The summed E-state index contributed by atoms with van der Waals surface area (Å²) in [7, 11) is 0. The molecule has 2 aromatic carbocycles. The monoisotopic (exact) mass is 416 g/mol. The Morgan fingerprint density at radius 1 is 0.966 bits per heavy atom. The van der Waals surface area contributed by atoms with Gasteiger partial charge in [-0.25, -0.2) is 9.97 Å². The molecule has 0 atom stereocenters. The smallest absolute Gasteiger partial charge is 0.277 e. The average molecular weight is 417 g/mol. The van der Waals surface area contributed by atoms with Crippen molar-refractivity contribution in [2.24, 2.45) is 0 Å². The topological polar surface area (TPSA) is 59.0 Å². The van der Waals surface area contributed by atoms with E-state index in [9.17, 15) is 4.79 Å². The Kier molecular flexibility index (Phi) is 4.54. The number of hydrogen-bond donors (Lipinski definition) is 0. The lowest BCUT2D eigenvalue weighted by Crippen LogP contribution is -2.30. The minimum Gasteiger partial charge on any atom is -0.277 e. The van der Waals surface area contributed by atoms with Crippen LogP contribution in [-0.2, 0) is 6.54 Å². The summed E-state index contributed by atoms with van der Waals surface area (Å²) in [5, 5.41) is 1.13. The molecule has 3 heterocycles. The highest BCUT2D eigenvalue weighted by Crippen LogP contribution is 2.33. The van der Waals surface area contributed by atoms with Crippen molar-refractivity contribution >= 4 is 54.1 Å². The highest BCUT2D eigenvalue weighted by Gasteiger charge is 2.25. The first kappa shape index (κ1) is 17.9. The summed E-state index contributed by atoms with van der Waals surface area (Å²) in [6, 6.07) is 17.7. The Morgan fingerprint density at radius 3 is 2.62 bits per heavy atom. The number of aromatic nitrogens is 3. The maximum Gasteiger partial charge on any atom is 0.289 e. The van der Waals surface area contributed by atoms with Gasteiger partial charge in [0.1, 0.15) is 0 Å². The minimum atomic E-state index is -0.147. The van der Waals surface area contributed by atoms with Gasteiger partial charge in [0, 0.05) is 12.4 Å². The molecule has 0 radical (unpaired) electrons. The van der Waals surface area contributed by atoms with E-state index in [4.69, 9.17) is 4.98 Å². The average Bonchev–Trinajstić information content (AvgIpc) is 3.37. The second-order valence-electron chi connectivity index (χ2n) is 6.66. The summed E-state index contributed by atoms with van der Waals surface area (Å²) in [6.07, 6.45) is 3.50. The third-order valence-corrected chi connectivity index (χ3v) is 6.69. The molecule has 0 aliphatic heterocycles. The number of rotatable bonds is 4. The zero-order valence-corrected chi connectivity index (χ0v) is 17.2. The lowest BCUT2D eigenvalue weighted by atomic mass is 10.2. The van der Waals surface area contributed by atoms with E-state index >= 15 is 0 Å². The Bertz CT molecular complexity index is 1290. The van der Waals surface area contributed by atoms with Crippen molar-refractivity contribution in [3.63, 3.8) is 0 Å². The summed E-state index contributed by atoms with van der Waals surface area (Å²) in [4.78, 5) is 28.7. The Balaban J connectivity index is 1.60. The SMILES string of the molecule is Cc1cccc2sc(N(Cc3cccnc3)C(=O)c3nc4ccccc4s3)nc12. The predicted molar refractivity (Wildman–Crippen MR) is 119 cm³/mol. The van der Waals surface area contributed by atoms with Gasteiger partial charge >= 0.3 is 0 Å². The number of anilines is 1. The van der Waals surface area contributed by atoms with Crippen LogP contribution in [0.15, 0.2) is 67.0 Å². The summed E-state index contributed by atoms with van der Waals surface area (Å²) in [5.41, 5.74) is 3.81. The quantitative estimate of drug-likeness (QED) is 0.390. The van der Waals surface area contributed by atoms with Crippen molar-refractivity contribution in [1.29, 1.82) is 0 Å². The molecule has 5 aromatic rings. The number of amides is 1.